The summed E-state index contributed by atoms with van der Waals surface area (Å²) in [6.07, 6.45) is 0.321. The lowest BCUT2D eigenvalue weighted by atomic mass is 9.99. The molecule has 1 aliphatic carbocycles. The highest BCUT2D eigenvalue weighted by molar-refractivity contribution is 5.59. The number of aromatic nitrogens is 3. The second-order valence-corrected chi connectivity index (χ2v) is 5.55. The van der Waals surface area contributed by atoms with E-state index in [0.717, 1.165) is 25.7 Å². The molecule has 0 atom stereocenters. The lowest BCUT2D eigenvalue weighted by molar-refractivity contribution is -0.154. The Balaban J connectivity index is 1.86. The maximum atomic E-state index is 12.3. The van der Waals surface area contributed by atoms with Crippen molar-refractivity contribution in [3.63, 3.8) is 0 Å². The summed E-state index contributed by atoms with van der Waals surface area (Å²) in [6, 6.07) is 3.06. The first-order valence-corrected chi connectivity index (χ1v) is 7.15. The zero-order valence-corrected chi connectivity index (χ0v) is 12.1. The summed E-state index contributed by atoms with van der Waals surface area (Å²) < 4.78 is 46.8. The molecule has 6 nitrogen and oxygen atoms in total. The van der Waals surface area contributed by atoms with Gasteiger partial charge in [0, 0.05) is 6.20 Å². The van der Waals surface area contributed by atoms with Crippen molar-refractivity contribution in [1.82, 2.24) is 15.1 Å². The average molecular weight is 328 g/mol. The first-order chi connectivity index (χ1) is 10.9. The van der Waals surface area contributed by atoms with Gasteiger partial charge in [0.25, 0.3) is 5.89 Å². The summed E-state index contributed by atoms with van der Waals surface area (Å²) in [5.74, 6) is 0.190. The number of halogens is 3. The number of nitrogens with two attached hydrogens (primary N) is 1. The van der Waals surface area contributed by atoms with Gasteiger partial charge in [0.05, 0.1) is 5.54 Å². The highest BCUT2D eigenvalue weighted by atomic mass is 19.4. The van der Waals surface area contributed by atoms with Gasteiger partial charge < -0.3 is 15.0 Å². The molecule has 1 aliphatic rings. The van der Waals surface area contributed by atoms with Crippen molar-refractivity contribution in [2.75, 3.05) is 6.61 Å². The van der Waals surface area contributed by atoms with Gasteiger partial charge >= 0.3 is 6.18 Å². The van der Waals surface area contributed by atoms with Crippen LogP contribution in [0.2, 0.25) is 0 Å². The number of hydrogen-bond acceptors (Lipinski definition) is 6. The van der Waals surface area contributed by atoms with Crippen molar-refractivity contribution in [1.29, 1.82) is 0 Å². The van der Waals surface area contributed by atoms with Gasteiger partial charge in [-0.15, -0.1) is 0 Å². The van der Waals surface area contributed by atoms with Crippen LogP contribution in [0, 0.1) is 0 Å². The summed E-state index contributed by atoms with van der Waals surface area (Å²) in [5, 5.41) is 3.88. The van der Waals surface area contributed by atoms with Crippen molar-refractivity contribution >= 4 is 0 Å². The van der Waals surface area contributed by atoms with Crippen LogP contribution in [0.1, 0.15) is 31.5 Å². The fraction of sp³-hybridized carbons (Fsp3) is 0.500. The van der Waals surface area contributed by atoms with E-state index >= 15 is 0 Å². The van der Waals surface area contributed by atoms with Gasteiger partial charge in [-0.3, -0.25) is 0 Å². The molecule has 3 rings (SSSR count). The summed E-state index contributed by atoms with van der Waals surface area (Å²) in [7, 11) is 0. The Morgan fingerprint density at radius 2 is 2.04 bits per heavy atom. The first kappa shape index (κ1) is 15.7. The molecule has 2 aromatic rings. The van der Waals surface area contributed by atoms with Crippen molar-refractivity contribution < 1.29 is 22.4 Å². The van der Waals surface area contributed by atoms with E-state index in [9.17, 15) is 13.2 Å². The van der Waals surface area contributed by atoms with Crippen molar-refractivity contribution in [3.8, 4) is 17.3 Å². The molecule has 0 saturated heterocycles. The number of nitrogens with zero attached hydrogens (tertiary/aromatic N) is 3. The van der Waals surface area contributed by atoms with Crippen molar-refractivity contribution in [2.24, 2.45) is 5.73 Å². The SMILES string of the molecule is NC1(c2noc(-c3cccnc3OCC(F)(F)F)n2)CCCC1. The van der Waals surface area contributed by atoms with E-state index in [-0.39, 0.29) is 17.3 Å². The van der Waals surface area contributed by atoms with Gasteiger partial charge in [0.2, 0.25) is 5.88 Å². The summed E-state index contributed by atoms with van der Waals surface area (Å²) in [4.78, 5) is 8.04. The Labute approximate surface area is 129 Å². The van der Waals surface area contributed by atoms with Crippen LogP contribution in [0.5, 0.6) is 5.88 Å². The van der Waals surface area contributed by atoms with Crippen molar-refractivity contribution in [3.05, 3.63) is 24.2 Å². The highest BCUT2D eigenvalue weighted by Gasteiger charge is 2.36. The van der Waals surface area contributed by atoms with Crippen LogP contribution in [0.4, 0.5) is 13.2 Å². The number of hydrogen-bond donors (Lipinski definition) is 1. The molecule has 2 heterocycles. The maximum absolute atomic E-state index is 12.3. The minimum absolute atomic E-state index is 0.0435. The fourth-order valence-electron chi connectivity index (χ4n) is 2.58. The zero-order chi connectivity index (χ0) is 16.5. The molecular weight excluding hydrogens is 313 g/mol. The van der Waals surface area contributed by atoms with Crippen LogP contribution < -0.4 is 10.5 Å². The molecule has 1 fully saturated rings. The smallest absolute Gasteiger partial charge is 0.422 e. The Kier molecular flexibility index (Phi) is 3.97. The molecule has 9 heteroatoms. The number of alkyl halides is 3. The van der Waals surface area contributed by atoms with Gasteiger partial charge in [-0.1, -0.05) is 18.0 Å². The topological polar surface area (TPSA) is 87.1 Å². The maximum Gasteiger partial charge on any atom is 0.422 e. The standard InChI is InChI=1S/C14H15F3N4O2/c15-14(16,17)8-22-10-9(4-3-7-19-10)11-20-12(21-23-11)13(18)5-1-2-6-13/h3-4,7H,1-2,5-6,8,18H2. The van der Waals surface area contributed by atoms with Crippen LogP contribution in [0.15, 0.2) is 22.9 Å². The molecule has 0 aliphatic heterocycles. The second-order valence-electron chi connectivity index (χ2n) is 5.55. The molecule has 2 aromatic heterocycles. The summed E-state index contributed by atoms with van der Waals surface area (Å²) in [5.41, 5.74) is 5.81. The lowest BCUT2D eigenvalue weighted by Crippen LogP contribution is -2.34. The van der Waals surface area contributed by atoms with E-state index in [0.29, 0.717) is 5.82 Å². The predicted octanol–water partition coefficient (Wildman–Crippen LogP) is 2.80. The molecule has 1 saturated carbocycles. The van der Waals surface area contributed by atoms with Gasteiger partial charge in [-0.25, -0.2) is 4.98 Å². The van der Waals surface area contributed by atoms with E-state index in [2.05, 4.69) is 15.1 Å². The Hall–Kier alpha value is -2.16. The second kappa shape index (κ2) is 5.80. The van der Waals surface area contributed by atoms with E-state index in [1.54, 1.807) is 6.07 Å². The summed E-state index contributed by atoms with van der Waals surface area (Å²) in [6.45, 7) is -1.45. The van der Waals surface area contributed by atoms with E-state index < -0.39 is 18.3 Å². The largest absolute Gasteiger partial charge is 0.467 e. The van der Waals surface area contributed by atoms with Gasteiger partial charge in [-0.05, 0) is 25.0 Å². The van der Waals surface area contributed by atoms with E-state index in [1.807, 2.05) is 0 Å². The molecular formula is C14H15F3N4O2. The molecule has 0 bridgehead atoms. The molecule has 23 heavy (non-hydrogen) atoms. The number of pyridine rings is 1. The minimum atomic E-state index is -4.46. The van der Waals surface area contributed by atoms with E-state index in [4.69, 9.17) is 15.0 Å². The normalized spacial score (nSPS) is 17.4. The fourth-order valence-corrected chi connectivity index (χ4v) is 2.58. The molecule has 0 aromatic carbocycles. The number of ether oxygens (including phenoxy) is 1. The lowest BCUT2D eigenvalue weighted by Gasteiger charge is -2.17. The first-order valence-electron chi connectivity index (χ1n) is 7.15. The highest BCUT2D eigenvalue weighted by Crippen LogP contribution is 2.36. The van der Waals surface area contributed by atoms with Gasteiger partial charge in [0.15, 0.2) is 12.4 Å². The summed E-state index contributed by atoms with van der Waals surface area (Å²) >= 11 is 0. The van der Waals surface area contributed by atoms with Crippen LogP contribution in [0.3, 0.4) is 0 Å². The third-order valence-electron chi connectivity index (χ3n) is 3.74. The Morgan fingerprint density at radius 1 is 1.30 bits per heavy atom. The quantitative estimate of drug-likeness (QED) is 0.928. The molecule has 0 amide bonds. The third kappa shape index (κ3) is 3.44. The molecule has 124 valence electrons. The van der Waals surface area contributed by atoms with Gasteiger partial charge in [-0.2, -0.15) is 18.2 Å². The zero-order valence-electron chi connectivity index (χ0n) is 12.1. The minimum Gasteiger partial charge on any atom is -0.467 e. The van der Waals surface area contributed by atoms with E-state index in [1.165, 1.54) is 12.3 Å². The average Bonchev–Trinajstić information content (AvgIpc) is 3.14. The monoisotopic (exact) mass is 328 g/mol. The van der Waals surface area contributed by atoms with Crippen LogP contribution in [0.25, 0.3) is 11.5 Å². The molecule has 2 N–H and O–H groups in total. The van der Waals surface area contributed by atoms with Crippen molar-refractivity contribution in [2.45, 2.75) is 37.4 Å². The third-order valence-corrected chi connectivity index (χ3v) is 3.74. The molecule has 0 unspecified atom stereocenters. The van der Waals surface area contributed by atoms with Crippen LogP contribution in [-0.2, 0) is 5.54 Å². The van der Waals surface area contributed by atoms with Crippen LogP contribution in [-0.4, -0.2) is 27.9 Å². The Bertz CT molecular complexity index is 681. The van der Waals surface area contributed by atoms with Crippen LogP contribution >= 0.6 is 0 Å². The predicted molar refractivity (Wildman–Crippen MR) is 73.4 cm³/mol. The molecule has 0 radical (unpaired) electrons. The molecule has 0 spiro atoms. The van der Waals surface area contributed by atoms with Gasteiger partial charge in [0.1, 0.15) is 5.56 Å². The number of rotatable bonds is 4. The Morgan fingerprint density at radius 3 is 2.74 bits per heavy atom.